The number of anilines is 2. The highest BCUT2D eigenvalue weighted by molar-refractivity contribution is 6.05. The zero-order valence-corrected chi connectivity index (χ0v) is 15.6. The van der Waals surface area contributed by atoms with Crippen molar-refractivity contribution in [1.29, 1.82) is 0 Å². The van der Waals surface area contributed by atoms with E-state index in [-0.39, 0.29) is 30.8 Å². The molecule has 2 aromatic carbocycles. The van der Waals surface area contributed by atoms with Crippen molar-refractivity contribution >= 4 is 29.1 Å². The molecular weight excluding hydrogens is 358 g/mol. The number of benzene rings is 2. The normalized spacial score (nSPS) is 17.5. The van der Waals surface area contributed by atoms with E-state index in [2.05, 4.69) is 10.6 Å². The SMILES string of the molecule is CC1CC1C(=O)Nc1cccc(C(=O)Nc2ccc(OCCC(N)=O)cc2)c1. The zero-order chi connectivity index (χ0) is 20.1. The molecule has 146 valence electrons. The third-order valence-electron chi connectivity index (χ3n) is 4.57. The first-order chi connectivity index (χ1) is 13.4. The van der Waals surface area contributed by atoms with Crippen LogP contribution in [0.2, 0.25) is 0 Å². The lowest BCUT2D eigenvalue weighted by atomic mass is 10.1. The number of nitrogens with one attached hydrogen (secondary N) is 2. The quantitative estimate of drug-likeness (QED) is 0.653. The van der Waals surface area contributed by atoms with Crippen LogP contribution in [0.25, 0.3) is 0 Å². The van der Waals surface area contributed by atoms with E-state index in [1.165, 1.54) is 0 Å². The van der Waals surface area contributed by atoms with Crippen LogP contribution >= 0.6 is 0 Å². The molecule has 7 nitrogen and oxygen atoms in total. The average Bonchev–Trinajstić information content (AvgIpc) is 3.40. The lowest BCUT2D eigenvalue weighted by molar-refractivity contribution is -0.119. The maximum atomic E-state index is 12.5. The van der Waals surface area contributed by atoms with Gasteiger partial charge in [-0.15, -0.1) is 0 Å². The molecule has 3 amide bonds. The lowest BCUT2D eigenvalue weighted by Crippen LogP contribution is -2.16. The Morgan fingerprint density at radius 2 is 1.79 bits per heavy atom. The standard InChI is InChI=1S/C21H23N3O4/c1-13-11-18(13)21(27)24-16-4-2-3-14(12-16)20(26)23-15-5-7-17(8-6-15)28-10-9-19(22)25/h2-8,12-13,18H,9-11H2,1H3,(H2,22,25)(H,23,26)(H,24,27). The number of carbonyl (C=O) groups is 3. The summed E-state index contributed by atoms with van der Waals surface area (Å²) < 4.78 is 5.39. The van der Waals surface area contributed by atoms with Gasteiger partial charge in [0.2, 0.25) is 11.8 Å². The Hall–Kier alpha value is -3.35. The van der Waals surface area contributed by atoms with Gasteiger partial charge in [0.1, 0.15) is 5.75 Å². The summed E-state index contributed by atoms with van der Waals surface area (Å²) in [6, 6.07) is 13.6. The summed E-state index contributed by atoms with van der Waals surface area (Å²) in [5.41, 5.74) is 6.72. The highest BCUT2D eigenvalue weighted by Crippen LogP contribution is 2.38. The van der Waals surface area contributed by atoms with Crippen molar-refractivity contribution < 1.29 is 19.1 Å². The molecule has 1 aliphatic rings. The largest absolute Gasteiger partial charge is 0.493 e. The van der Waals surface area contributed by atoms with Crippen LogP contribution in [0.1, 0.15) is 30.1 Å². The van der Waals surface area contributed by atoms with Crippen molar-refractivity contribution in [1.82, 2.24) is 0 Å². The van der Waals surface area contributed by atoms with Gasteiger partial charge in [-0.1, -0.05) is 13.0 Å². The molecule has 2 aromatic rings. The Kier molecular flexibility index (Phi) is 5.93. The summed E-state index contributed by atoms with van der Waals surface area (Å²) in [5.74, 6) is 0.373. The molecule has 0 saturated heterocycles. The van der Waals surface area contributed by atoms with Gasteiger partial charge in [0.25, 0.3) is 5.91 Å². The summed E-state index contributed by atoms with van der Waals surface area (Å²) in [5, 5.41) is 5.66. The smallest absolute Gasteiger partial charge is 0.255 e. The second-order valence-corrected chi connectivity index (χ2v) is 6.93. The van der Waals surface area contributed by atoms with E-state index >= 15 is 0 Å². The molecule has 2 unspecified atom stereocenters. The molecule has 1 aliphatic carbocycles. The van der Waals surface area contributed by atoms with E-state index in [1.807, 2.05) is 6.92 Å². The van der Waals surface area contributed by atoms with Crippen LogP contribution in [0.15, 0.2) is 48.5 Å². The minimum Gasteiger partial charge on any atom is -0.493 e. The first-order valence-corrected chi connectivity index (χ1v) is 9.16. The Bertz CT molecular complexity index is 879. The zero-order valence-electron chi connectivity index (χ0n) is 15.6. The third-order valence-corrected chi connectivity index (χ3v) is 4.57. The van der Waals surface area contributed by atoms with Gasteiger partial charge in [0.15, 0.2) is 0 Å². The fourth-order valence-electron chi connectivity index (χ4n) is 2.77. The fourth-order valence-corrected chi connectivity index (χ4v) is 2.77. The maximum Gasteiger partial charge on any atom is 0.255 e. The van der Waals surface area contributed by atoms with Crippen LogP contribution < -0.4 is 21.1 Å². The molecule has 0 aromatic heterocycles. The molecule has 2 atom stereocenters. The molecular formula is C21H23N3O4. The molecule has 28 heavy (non-hydrogen) atoms. The molecule has 0 bridgehead atoms. The van der Waals surface area contributed by atoms with Crippen molar-refractivity contribution in [2.75, 3.05) is 17.2 Å². The van der Waals surface area contributed by atoms with Gasteiger partial charge in [0.05, 0.1) is 13.0 Å². The molecule has 1 saturated carbocycles. The van der Waals surface area contributed by atoms with Gasteiger partial charge < -0.3 is 21.1 Å². The average molecular weight is 381 g/mol. The molecule has 4 N–H and O–H groups in total. The third kappa shape index (κ3) is 5.33. The molecule has 0 aliphatic heterocycles. The second kappa shape index (κ2) is 8.56. The Morgan fingerprint density at radius 1 is 1.07 bits per heavy atom. The number of primary amides is 1. The van der Waals surface area contributed by atoms with Gasteiger partial charge in [-0.2, -0.15) is 0 Å². The summed E-state index contributed by atoms with van der Waals surface area (Å²) in [4.78, 5) is 35.2. The van der Waals surface area contributed by atoms with Gasteiger partial charge in [-0.3, -0.25) is 14.4 Å². The first kappa shape index (κ1) is 19.4. The molecule has 1 fully saturated rings. The second-order valence-electron chi connectivity index (χ2n) is 6.93. The molecule has 7 heteroatoms. The Labute approximate surface area is 163 Å². The topological polar surface area (TPSA) is 111 Å². The highest BCUT2D eigenvalue weighted by Gasteiger charge is 2.39. The molecule has 3 rings (SSSR count). The van der Waals surface area contributed by atoms with Gasteiger partial charge in [-0.05, 0) is 54.8 Å². The summed E-state index contributed by atoms with van der Waals surface area (Å²) >= 11 is 0. The van der Waals surface area contributed by atoms with E-state index in [0.717, 1.165) is 6.42 Å². The van der Waals surface area contributed by atoms with Crippen LogP contribution in [0.4, 0.5) is 11.4 Å². The number of amides is 3. The molecule has 0 spiro atoms. The molecule has 0 heterocycles. The first-order valence-electron chi connectivity index (χ1n) is 9.16. The van der Waals surface area contributed by atoms with Crippen molar-refractivity contribution in [2.45, 2.75) is 19.8 Å². The van der Waals surface area contributed by atoms with Crippen LogP contribution in [-0.4, -0.2) is 24.3 Å². The van der Waals surface area contributed by atoms with Crippen molar-refractivity contribution in [2.24, 2.45) is 17.6 Å². The van der Waals surface area contributed by atoms with E-state index in [9.17, 15) is 14.4 Å². The monoisotopic (exact) mass is 381 g/mol. The van der Waals surface area contributed by atoms with Gasteiger partial charge in [0, 0.05) is 22.9 Å². The van der Waals surface area contributed by atoms with Crippen LogP contribution in [0.3, 0.4) is 0 Å². The van der Waals surface area contributed by atoms with Gasteiger partial charge >= 0.3 is 0 Å². The predicted octanol–water partition coefficient (Wildman–Crippen LogP) is 2.79. The number of rotatable bonds is 8. The van der Waals surface area contributed by atoms with Crippen LogP contribution in [-0.2, 0) is 9.59 Å². The van der Waals surface area contributed by atoms with Crippen molar-refractivity contribution in [3.05, 3.63) is 54.1 Å². The van der Waals surface area contributed by atoms with E-state index in [0.29, 0.717) is 28.6 Å². The van der Waals surface area contributed by atoms with E-state index in [4.69, 9.17) is 10.5 Å². The minimum absolute atomic E-state index is 0.00279. The fraction of sp³-hybridized carbons (Fsp3) is 0.286. The van der Waals surface area contributed by atoms with Gasteiger partial charge in [-0.25, -0.2) is 0 Å². The van der Waals surface area contributed by atoms with Crippen molar-refractivity contribution in [3.8, 4) is 5.75 Å². The number of ether oxygens (including phenoxy) is 1. The lowest BCUT2D eigenvalue weighted by Gasteiger charge is -2.09. The number of nitrogens with two attached hydrogens (primary N) is 1. The van der Waals surface area contributed by atoms with Crippen molar-refractivity contribution in [3.63, 3.8) is 0 Å². The Morgan fingerprint density at radius 3 is 2.43 bits per heavy atom. The van der Waals surface area contributed by atoms with Crippen LogP contribution in [0.5, 0.6) is 5.75 Å². The minimum atomic E-state index is -0.422. The highest BCUT2D eigenvalue weighted by atomic mass is 16.5. The van der Waals surface area contributed by atoms with E-state index < -0.39 is 5.91 Å². The van der Waals surface area contributed by atoms with Crippen LogP contribution in [0, 0.1) is 11.8 Å². The number of hydrogen-bond acceptors (Lipinski definition) is 4. The predicted molar refractivity (Wildman–Crippen MR) is 106 cm³/mol. The summed E-state index contributed by atoms with van der Waals surface area (Å²) in [7, 11) is 0. The Balaban J connectivity index is 1.56. The summed E-state index contributed by atoms with van der Waals surface area (Å²) in [6.45, 7) is 2.25. The van der Waals surface area contributed by atoms with E-state index in [1.54, 1.807) is 48.5 Å². The number of hydrogen-bond donors (Lipinski definition) is 3. The maximum absolute atomic E-state index is 12.5. The molecule has 0 radical (unpaired) electrons. The summed E-state index contributed by atoms with van der Waals surface area (Å²) in [6.07, 6.45) is 1.05. The number of carbonyl (C=O) groups excluding carboxylic acids is 3.